The largest absolute Gasteiger partial charge is 0.504 e. The number of aromatic nitrogens is 3. The summed E-state index contributed by atoms with van der Waals surface area (Å²) in [6.45, 7) is 0. The highest BCUT2D eigenvalue weighted by molar-refractivity contribution is 7.86. The number of carboxylic acids is 1. The molecule has 0 aliphatic rings. The van der Waals surface area contributed by atoms with E-state index < -0.39 is 59.2 Å². The topological polar surface area (TPSA) is 233 Å². The number of aromatic hydroxyl groups is 1. The third kappa shape index (κ3) is 4.04. The lowest BCUT2D eigenvalue weighted by molar-refractivity contribution is 0.0684. The number of nitrogens with zero attached hydrogens (tertiary/aromatic N) is 4. The van der Waals surface area contributed by atoms with Crippen LogP contribution in [0.3, 0.4) is 0 Å². The number of carboxylic acid groups (broad SMARTS) is 1. The van der Waals surface area contributed by atoms with E-state index >= 15 is 0 Å². The van der Waals surface area contributed by atoms with Gasteiger partial charge in [0, 0.05) is 5.39 Å². The van der Waals surface area contributed by atoms with Gasteiger partial charge in [-0.25, -0.2) is 4.79 Å². The standard InChI is InChI=1S/C13H9N5O9S2/c19-10-8(29(25,26)27)3-5-1-2-6(28(22,23)24)4-7(5)9(10)15-17-13-14-11(12(20)21)16-18-13/h1-4,19H,(H,20,21)(H,14,16,18)(H,22,23,24)(H,25,26,27)/b17-15+. The fourth-order valence-corrected chi connectivity index (χ4v) is 3.39. The maximum absolute atomic E-state index is 11.5. The van der Waals surface area contributed by atoms with Gasteiger partial charge in [0.05, 0.1) is 4.90 Å². The van der Waals surface area contributed by atoms with Gasteiger partial charge >= 0.3 is 5.97 Å². The van der Waals surface area contributed by atoms with E-state index in [0.717, 1.165) is 24.3 Å². The van der Waals surface area contributed by atoms with Gasteiger partial charge in [0.15, 0.2) is 5.75 Å². The molecule has 0 atom stereocenters. The van der Waals surface area contributed by atoms with Crippen LogP contribution in [-0.2, 0) is 20.2 Å². The van der Waals surface area contributed by atoms with E-state index in [2.05, 4.69) is 20.3 Å². The first-order chi connectivity index (χ1) is 13.4. The van der Waals surface area contributed by atoms with Gasteiger partial charge in [-0.15, -0.1) is 15.3 Å². The molecule has 3 rings (SSSR count). The Morgan fingerprint density at radius 2 is 1.72 bits per heavy atom. The van der Waals surface area contributed by atoms with Crippen LogP contribution >= 0.6 is 0 Å². The fourth-order valence-electron chi connectivity index (χ4n) is 2.27. The first-order valence-corrected chi connectivity index (χ1v) is 10.1. The number of phenols is 1. The zero-order valence-electron chi connectivity index (χ0n) is 13.7. The van der Waals surface area contributed by atoms with Gasteiger partial charge in [-0.2, -0.15) is 21.8 Å². The minimum Gasteiger partial charge on any atom is -0.504 e. The normalized spacial score (nSPS) is 12.6. The lowest BCUT2D eigenvalue weighted by Gasteiger charge is -2.09. The highest BCUT2D eigenvalue weighted by atomic mass is 32.2. The van der Waals surface area contributed by atoms with Crippen molar-refractivity contribution in [2.24, 2.45) is 10.2 Å². The van der Waals surface area contributed by atoms with E-state index in [-0.39, 0.29) is 10.8 Å². The third-order valence-corrected chi connectivity index (χ3v) is 5.23. The number of nitrogens with one attached hydrogen (secondary N) is 1. The van der Waals surface area contributed by atoms with E-state index in [0.29, 0.717) is 0 Å². The second kappa shape index (κ2) is 6.85. The number of H-pyrrole nitrogens is 1. The molecule has 16 heteroatoms. The third-order valence-electron chi connectivity index (χ3n) is 3.52. The number of rotatable bonds is 5. The van der Waals surface area contributed by atoms with Crippen LogP contribution in [0.25, 0.3) is 10.8 Å². The number of fused-ring (bicyclic) bond motifs is 1. The average Bonchev–Trinajstić information content (AvgIpc) is 3.07. The van der Waals surface area contributed by atoms with Crippen molar-refractivity contribution in [3.05, 3.63) is 30.1 Å². The molecule has 5 N–H and O–H groups in total. The molecular weight excluding hydrogens is 434 g/mol. The molecule has 0 amide bonds. The van der Waals surface area contributed by atoms with Gasteiger partial charge in [0.1, 0.15) is 10.6 Å². The molecular formula is C13H9N5O9S2. The first kappa shape index (κ1) is 20.3. The highest BCUT2D eigenvalue weighted by Gasteiger charge is 2.23. The molecule has 3 aromatic rings. The Kier molecular flexibility index (Phi) is 4.79. The van der Waals surface area contributed by atoms with Gasteiger partial charge in [-0.05, 0) is 23.6 Å². The van der Waals surface area contributed by atoms with Crippen molar-refractivity contribution in [1.82, 2.24) is 15.2 Å². The SMILES string of the molecule is O=C(O)c1nc(/N=N/c2c(O)c(S(=O)(=O)O)cc3ccc(S(=O)(=O)O)cc23)n[nH]1. The number of azo groups is 1. The van der Waals surface area contributed by atoms with Crippen LogP contribution in [0, 0.1) is 0 Å². The Hall–Kier alpha value is -3.47. The number of aromatic amines is 1. The molecule has 0 radical (unpaired) electrons. The summed E-state index contributed by atoms with van der Waals surface area (Å²) in [4.78, 5) is 12.7. The minimum atomic E-state index is -4.91. The summed E-state index contributed by atoms with van der Waals surface area (Å²) in [5, 5.41) is 31.4. The molecule has 29 heavy (non-hydrogen) atoms. The number of benzene rings is 2. The monoisotopic (exact) mass is 443 g/mol. The lowest BCUT2D eigenvalue weighted by atomic mass is 10.1. The predicted octanol–water partition coefficient (Wildman–Crippen LogP) is 1.27. The smallest absolute Gasteiger partial charge is 0.373 e. The number of hydrogen-bond donors (Lipinski definition) is 5. The van der Waals surface area contributed by atoms with E-state index in [1.165, 1.54) is 0 Å². The summed E-state index contributed by atoms with van der Waals surface area (Å²) in [6, 6.07) is 3.79. The van der Waals surface area contributed by atoms with Gasteiger partial charge in [-0.3, -0.25) is 14.2 Å². The number of carbonyl (C=O) groups is 1. The molecule has 0 bridgehead atoms. The minimum absolute atomic E-state index is 0.0120. The summed E-state index contributed by atoms with van der Waals surface area (Å²) in [7, 11) is -9.56. The molecule has 0 unspecified atom stereocenters. The molecule has 152 valence electrons. The van der Waals surface area contributed by atoms with Crippen LogP contribution in [0.5, 0.6) is 5.75 Å². The number of phenolic OH excluding ortho intramolecular Hbond substituents is 1. The van der Waals surface area contributed by atoms with Crippen LogP contribution in [-0.4, -0.2) is 57.3 Å². The van der Waals surface area contributed by atoms with Gasteiger partial charge in [0.25, 0.3) is 26.2 Å². The highest BCUT2D eigenvalue weighted by Crippen LogP contribution is 2.41. The molecule has 1 aromatic heterocycles. The second-order valence-corrected chi connectivity index (χ2v) is 8.21. The summed E-state index contributed by atoms with van der Waals surface area (Å²) in [5.74, 6) is -3.60. The van der Waals surface area contributed by atoms with Crippen molar-refractivity contribution in [3.63, 3.8) is 0 Å². The van der Waals surface area contributed by atoms with E-state index in [9.17, 15) is 35.8 Å². The lowest BCUT2D eigenvalue weighted by Crippen LogP contribution is -2.00. The van der Waals surface area contributed by atoms with Gasteiger partial charge < -0.3 is 10.2 Å². The molecule has 1 heterocycles. The Balaban J connectivity index is 2.29. The van der Waals surface area contributed by atoms with Crippen LogP contribution in [0.2, 0.25) is 0 Å². The van der Waals surface area contributed by atoms with E-state index in [4.69, 9.17) is 5.11 Å². The summed E-state index contributed by atoms with van der Waals surface area (Å²) in [6.07, 6.45) is 0. The van der Waals surface area contributed by atoms with Gasteiger partial charge in [-0.1, -0.05) is 6.07 Å². The average molecular weight is 443 g/mol. The maximum atomic E-state index is 11.5. The Labute approximate surface area is 161 Å². The molecule has 0 fully saturated rings. The zero-order valence-corrected chi connectivity index (χ0v) is 15.4. The molecule has 0 saturated heterocycles. The second-order valence-electron chi connectivity index (χ2n) is 5.39. The van der Waals surface area contributed by atoms with Crippen molar-refractivity contribution < 1.29 is 40.9 Å². The summed E-state index contributed by atoms with van der Waals surface area (Å²) >= 11 is 0. The van der Waals surface area contributed by atoms with Crippen molar-refractivity contribution in [2.75, 3.05) is 0 Å². The summed E-state index contributed by atoms with van der Waals surface area (Å²) in [5.41, 5.74) is -0.609. The Morgan fingerprint density at radius 1 is 1.03 bits per heavy atom. The Morgan fingerprint density at radius 3 is 2.28 bits per heavy atom. The van der Waals surface area contributed by atoms with Crippen molar-refractivity contribution in [3.8, 4) is 5.75 Å². The van der Waals surface area contributed by atoms with Crippen molar-refractivity contribution >= 4 is 48.6 Å². The maximum Gasteiger partial charge on any atom is 0.373 e. The fraction of sp³-hybridized carbons (Fsp3) is 0. The summed E-state index contributed by atoms with van der Waals surface area (Å²) < 4.78 is 64.3. The quantitative estimate of drug-likeness (QED) is 0.278. The first-order valence-electron chi connectivity index (χ1n) is 7.20. The van der Waals surface area contributed by atoms with Gasteiger partial charge in [0.2, 0.25) is 5.82 Å². The van der Waals surface area contributed by atoms with E-state index in [1.807, 2.05) is 5.10 Å². The molecule has 0 spiro atoms. The zero-order chi connectivity index (χ0) is 21.6. The van der Waals surface area contributed by atoms with E-state index in [1.54, 1.807) is 0 Å². The van der Waals surface area contributed by atoms with Crippen LogP contribution in [0.15, 0.2) is 44.3 Å². The van der Waals surface area contributed by atoms with Crippen molar-refractivity contribution in [1.29, 1.82) is 0 Å². The van der Waals surface area contributed by atoms with Crippen LogP contribution < -0.4 is 0 Å². The molecule has 2 aromatic carbocycles. The van der Waals surface area contributed by atoms with Crippen LogP contribution in [0.4, 0.5) is 11.6 Å². The molecule has 0 saturated carbocycles. The molecule has 14 nitrogen and oxygen atoms in total. The van der Waals surface area contributed by atoms with Crippen LogP contribution in [0.1, 0.15) is 10.6 Å². The Bertz CT molecular complexity index is 1390. The molecule has 0 aliphatic heterocycles. The number of aromatic carboxylic acids is 1. The number of hydrogen-bond acceptors (Lipinski definition) is 10. The molecule has 0 aliphatic carbocycles. The van der Waals surface area contributed by atoms with Crippen molar-refractivity contribution in [2.45, 2.75) is 9.79 Å². The predicted molar refractivity (Wildman–Crippen MR) is 92.8 cm³/mol.